The van der Waals surface area contributed by atoms with Gasteiger partial charge in [0.05, 0.1) is 12.1 Å². The number of hydrogen-bond acceptors (Lipinski definition) is 7. The van der Waals surface area contributed by atoms with E-state index in [1.54, 1.807) is 0 Å². The SMILES string of the molecule is C=C(/N=C\C(=C(/N)n1nc(C(F)(F)F)cc1C)c1cc(C(=O)OC)c(=O)n(C)c1)Nc1ccc(F)c(Cl)c1. The Kier molecular flexibility index (Phi) is 8.10. The van der Waals surface area contributed by atoms with E-state index >= 15 is 0 Å². The Hall–Kier alpha value is -4.39. The zero-order valence-corrected chi connectivity index (χ0v) is 21.0. The van der Waals surface area contributed by atoms with E-state index in [4.69, 9.17) is 17.3 Å². The Balaban J connectivity index is 2.15. The van der Waals surface area contributed by atoms with Gasteiger partial charge in [-0.05, 0) is 37.3 Å². The van der Waals surface area contributed by atoms with Crippen molar-refractivity contribution in [1.82, 2.24) is 14.3 Å². The standard InChI is InChI=1S/C24H21ClF4N6O3/c1-12-7-20(24(27,28)29)33-35(12)21(30)17(14-8-16(23(37)38-4)22(36)34(3)11-14)10-31-13(2)32-15-5-6-19(26)18(25)9-15/h5-11,32H,2,30H2,1,3-4H3/b21-17-,31-10-. The molecule has 0 unspecified atom stereocenters. The summed E-state index contributed by atoms with van der Waals surface area (Å²) >= 11 is 5.78. The smallest absolute Gasteiger partial charge is 0.435 e. The average molecular weight is 553 g/mol. The lowest BCUT2D eigenvalue weighted by Crippen LogP contribution is -2.25. The molecule has 2 aromatic heterocycles. The van der Waals surface area contributed by atoms with E-state index in [1.165, 1.54) is 38.4 Å². The third-order valence-electron chi connectivity index (χ3n) is 5.14. The number of rotatable bonds is 7. The molecule has 9 nitrogen and oxygen atoms in total. The van der Waals surface area contributed by atoms with Crippen LogP contribution in [0.25, 0.3) is 11.4 Å². The Morgan fingerprint density at radius 3 is 2.55 bits per heavy atom. The van der Waals surface area contributed by atoms with Crippen LogP contribution in [0.2, 0.25) is 5.02 Å². The van der Waals surface area contributed by atoms with Gasteiger partial charge in [-0.1, -0.05) is 18.2 Å². The molecule has 0 radical (unpaired) electrons. The Bertz CT molecular complexity index is 1540. The zero-order chi connectivity index (χ0) is 28.4. The highest BCUT2D eigenvalue weighted by atomic mass is 35.5. The highest BCUT2D eigenvalue weighted by Crippen LogP contribution is 2.30. The van der Waals surface area contributed by atoms with Crippen molar-refractivity contribution >= 4 is 40.9 Å². The molecule has 38 heavy (non-hydrogen) atoms. The van der Waals surface area contributed by atoms with E-state index in [0.29, 0.717) is 5.69 Å². The molecule has 0 saturated heterocycles. The van der Waals surface area contributed by atoms with Crippen LogP contribution >= 0.6 is 11.6 Å². The average Bonchev–Trinajstić information content (AvgIpc) is 3.25. The van der Waals surface area contributed by atoms with Crippen LogP contribution in [0.3, 0.4) is 0 Å². The summed E-state index contributed by atoms with van der Waals surface area (Å²) in [4.78, 5) is 28.8. The molecule has 3 N–H and O–H groups in total. The number of hydrogen-bond donors (Lipinski definition) is 2. The van der Waals surface area contributed by atoms with Crippen molar-refractivity contribution in [2.24, 2.45) is 17.8 Å². The quantitative estimate of drug-likeness (QED) is 0.254. The summed E-state index contributed by atoms with van der Waals surface area (Å²) in [6.45, 7) is 5.10. The van der Waals surface area contributed by atoms with Crippen molar-refractivity contribution in [2.45, 2.75) is 13.1 Å². The van der Waals surface area contributed by atoms with Gasteiger partial charge in [-0.3, -0.25) is 4.79 Å². The van der Waals surface area contributed by atoms with Crippen LogP contribution < -0.4 is 16.6 Å². The summed E-state index contributed by atoms with van der Waals surface area (Å²) < 4.78 is 59.8. The molecule has 1 aromatic carbocycles. The molecule has 0 amide bonds. The number of aliphatic imine (C=N–C) groups is 1. The number of nitrogens with two attached hydrogens (primary N) is 1. The molecule has 0 fully saturated rings. The molecule has 0 spiro atoms. The molecule has 2 heterocycles. The molecule has 200 valence electrons. The van der Waals surface area contributed by atoms with Gasteiger partial charge < -0.3 is 20.4 Å². The predicted octanol–water partition coefficient (Wildman–Crippen LogP) is 4.43. The summed E-state index contributed by atoms with van der Waals surface area (Å²) in [5.74, 6) is -1.84. The van der Waals surface area contributed by atoms with Crippen molar-refractivity contribution < 1.29 is 27.1 Å². The monoisotopic (exact) mass is 552 g/mol. The van der Waals surface area contributed by atoms with Crippen molar-refractivity contribution in [3.63, 3.8) is 0 Å². The van der Waals surface area contributed by atoms with Crippen LogP contribution in [0.15, 0.2) is 58.7 Å². The molecular weight excluding hydrogens is 532 g/mol. The van der Waals surface area contributed by atoms with Crippen molar-refractivity contribution in [2.75, 3.05) is 12.4 Å². The highest BCUT2D eigenvalue weighted by Gasteiger charge is 2.35. The summed E-state index contributed by atoms with van der Waals surface area (Å²) in [5, 5.41) is 6.19. The molecule has 14 heteroatoms. The first-order chi connectivity index (χ1) is 17.7. The number of allylic oxidation sites excluding steroid dienone is 1. The molecule has 0 aliphatic rings. The first-order valence-electron chi connectivity index (χ1n) is 10.6. The fraction of sp³-hybridized carbons (Fsp3) is 0.167. The fourth-order valence-electron chi connectivity index (χ4n) is 3.29. The number of methoxy groups -OCH3 is 1. The minimum absolute atomic E-state index is 0.00855. The summed E-state index contributed by atoms with van der Waals surface area (Å²) in [6.07, 6.45) is -2.26. The Labute approximate surface area is 218 Å². The van der Waals surface area contributed by atoms with Crippen molar-refractivity contribution in [3.05, 3.63) is 92.6 Å². The van der Waals surface area contributed by atoms with Gasteiger partial charge >= 0.3 is 12.1 Å². The first kappa shape index (κ1) is 28.2. The third kappa shape index (κ3) is 6.11. The van der Waals surface area contributed by atoms with Crippen LogP contribution in [-0.4, -0.2) is 33.6 Å². The summed E-state index contributed by atoms with van der Waals surface area (Å²) in [7, 11) is 2.45. The third-order valence-corrected chi connectivity index (χ3v) is 5.43. The van der Waals surface area contributed by atoms with Gasteiger partial charge in [0.2, 0.25) is 0 Å². The van der Waals surface area contributed by atoms with E-state index < -0.39 is 29.2 Å². The second kappa shape index (κ2) is 10.9. The topological polar surface area (TPSA) is 117 Å². The van der Waals surface area contributed by atoms with E-state index in [9.17, 15) is 27.2 Å². The van der Waals surface area contributed by atoms with E-state index in [0.717, 1.165) is 34.7 Å². The molecule has 0 aliphatic carbocycles. The zero-order valence-electron chi connectivity index (χ0n) is 20.2. The molecule has 0 aliphatic heterocycles. The van der Waals surface area contributed by atoms with Crippen LogP contribution in [0.4, 0.5) is 23.2 Å². The highest BCUT2D eigenvalue weighted by molar-refractivity contribution is 6.31. The van der Waals surface area contributed by atoms with Crippen LogP contribution in [0.5, 0.6) is 0 Å². The number of alkyl halides is 3. The molecule has 0 saturated carbocycles. The van der Waals surface area contributed by atoms with Gasteiger partial charge in [0.25, 0.3) is 5.56 Å². The first-order valence-corrected chi connectivity index (χ1v) is 11.0. The van der Waals surface area contributed by atoms with Crippen LogP contribution in [0, 0.1) is 12.7 Å². The predicted molar refractivity (Wildman–Crippen MR) is 135 cm³/mol. The van der Waals surface area contributed by atoms with Gasteiger partial charge in [0, 0.05) is 42.0 Å². The normalized spacial score (nSPS) is 12.4. The van der Waals surface area contributed by atoms with E-state index in [1.807, 2.05) is 0 Å². The van der Waals surface area contributed by atoms with Crippen molar-refractivity contribution in [1.29, 1.82) is 0 Å². The number of esters is 1. The molecule has 3 rings (SSSR count). The number of aryl methyl sites for hydroxylation is 2. The molecule has 3 aromatic rings. The maximum atomic E-state index is 13.4. The summed E-state index contributed by atoms with van der Waals surface area (Å²) in [5.41, 5.74) is 4.59. The molecule has 0 atom stereocenters. The Morgan fingerprint density at radius 1 is 1.29 bits per heavy atom. The number of aromatic nitrogens is 3. The van der Waals surface area contributed by atoms with Crippen LogP contribution in [-0.2, 0) is 18.0 Å². The number of ether oxygens (including phenoxy) is 1. The largest absolute Gasteiger partial charge is 0.465 e. The van der Waals surface area contributed by atoms with E-state index in [2.05, 4.69) is 26.7 Å². The van der Waals surface area contributed by atoms with Gasteiger partial charge in [0.1, 0.15) is 23.0 Å². The number of carbonyl (C=O) groups is 1. The number of carbonyl (C=O) groups excluding carboxylic acids is 1. The van der Waals surface area contributed by atoms with Gasteiger partial charge in [-0.25, -0.2) is 18.9 Å². The lowest BCUT2D eigenvalue weighted by atomic mass is 10.1. The Morgan fingerprint density at radius 2 is 1.97 bits per heavy atom. The number of halogens is 5. The minimum atomic E-state index is -4.73. The maximum Gasteiger partial charge on any atom is 0.435 e. The van der Waals surface area contributed by atoms with Gasteiger partial charge in [0.15, 0.2) is 5.69 Å². The minimum Gasteiger partial charge on any atom is -0.465 e. The van der Waals surface area contributed by atoms with E-state index in [-0.39, 0.29) is 39.1 Å². The fourth-order valence-corrected chi connectivity index (χ4v) is 3.47. The maximum absolute atomic E-state index is 13.4. The summed E-state index contributed by atoms with van der Waals surface area (Å²) in [6, 6.07) is 5.78. The number of pyridine rings is 1. The lowest BCUT2D eigenvalue weighted by molar-refractivity contribution is -0.141. The van der Waals surface area contributed by atoms with Crippen LogP contribution in [0.1, 0.15) is 27.3 Å². The van der Waals surface area contributed by atoms with Gasteiger partial charge in [-0.2, -0.15) is 18.3 Å². The lowest BCUT2D eigenvalue weighted by Gasteiger charge is -2.13. The second-order valence-corrected chi connectivity index (χ2v) is 8.30. The second-order valence-electron chi connectivity index (χ2n) is 7.89. The number of benzene rings is 1. The number of nitrogens with one attached hydrogen (secondary N) is 1. The molecule has 0 bridgehead atoms. The number of nitrogens with zero attached hydrogens (tertiary/aromatic N) is 4. The van der Waals surface area contributed by atoms with Crippen molar-refractivity contribution in [3.8, 4) is 0 Å². The van der Waals surface area contributed by atoms with Gasteiger partial charge in [-0.15, -0.1) is 0 Å². The molecular formula is C24H21ClF4N6O3. The number of anilines is 1.